The average molecular weight is 203 g/mol. The van der Waals surface area contributed by atoms with Crippen LogP contribution in [0.3, 0.4) is 0 Å². The molecule has 0 aliphatic heterocycles. The second-order valence-electron chi connectivity index (χ2n) is 4.65. The Kier molecular flexibility index (Phi) is 5.16. The molecular formula is C12H23Cl. The molecule has 1 aliphatic rings. The first-order valence-corrected chi connectivity index (χ1v) is 6.42. The van der Waals surface area contributed by atoms with Crippen LogP contribution in [0, 0.1) is 5.41 Å². The normalized spacial score (nSPS) is 18.9. The van der Waals surface area contributed by atoms with Crippen LogP contribution < -0.4 is 0 Å². The summed E-state index contributed by atoms with van der Waals surface area (Å²) >= 11 is 5.92. The zero-order valence-electron chi connectivity index (χ0n) is 8.95. The number of hydrogen-bond donors (Lipinski definition) is 0. The van der Waals surface area contributed by atoms with Gasteiger partial charge in [0, 0.05) is 5.88 Å². The first kappa shape index (κ1) is 11.4. The first-order valence-electron chi connectivity index (χ1n) is 5.89. The van der Waals surface area contributed by atoms with Gasteiger partial charge >= 0.3 is 0 Å². The van der Waals surface area contributed by atoms with Gasteiger partial charge in [-0.3, -0.25) is 0 Å². The van der Waals surface area contributed by atoms with E-state index in [1.54, 1.807) is 0 Å². The molecular weight excluding hydrogens is 180 g/mol. The molecule has 1 aliphatic carbocycles. The Hall–Kier alpha value is 0.290. The minimum atomic E-state index is 0.603. The molecule has 0 bridgehead atoms. The van der Waals surface area contributed by atoms with Gasteiger partial charge in [0.25, 0.3) is 0 Å². The van der Waals surface area contributed by atoms with E-state index < -0.39 is 0 Å². The summed E-state index contributed by atoms with van der Waals surface area (Å²) in [5.41, 5.74) is 0.603. The van der Waals surface area contributed by atoms with Gasteiger partial charge in [0.05, 0.1) is 0 Å². The molecule has 0 unspecified atom stereocenters. The fourth-order valence-electron chi connectivity index (χ4n) is 1.91. The maximum atomic E-state index is 5.92. The van der Waals surface area contributed by atoms with Crippen LogP contribution >= 0.6 is 11.6 Å². The predicted octanol–water partition coefficient (Wildman–Crippen LogP) is 4.76. The van der Waals surface area contributed by atoms with Crippen LogP contribution in [0.2, 0.25) is 0 Å². The molecule has 0 aromatic rings. The quantitative estimate of drug-likeness (QED) is 0.394. The molecule has 0 saturated heterocycles. The Bertz CT molecular complexity index is 127. The minimum absolute atomic E-state index is 0.603. The molecule has 0 heterocycles. The topological polar surface area (TPSA) is 0 Å². The molecule has 0 N–H and O–H groups in total. The Morgan fingerprint density at radius 2 is 1.62 bits per heavy atom. The summed E-state index contributed by atoms with van der Waals surface area (Å²) in [6, 6.07) is 0. The highest BCUT2D eigenvalue weighted by Crippen LogP contribution is 2.50. The van der Waals surface area contributed by atoms with Crippen molar-refractivity contribution in [3.05, 3.63) is 0 Å². The van der Waals surface area contributed by atoms with Gasteiger partial charge in [0.1, 0.15) is 0 Å². The predicted molar refractivity (Wildman–Crippen MR) is 60.4 cm³/mol. The molecule has 78 valence electrons. The van der Waals surface area contributed by atoms with Crippen LogP contribution in [-0.2, 0) is 0 Å². The van der Waals surface area contributed by atoms with Crippen LogP contribution in [0.25, 0.3) is 0 Å². The zero-order chi connectivity index (χ0) is 9.57. The molecule has 0 spiro atoms. The smallest absolute Gasteiger partial charge is 0.0280 e. The van der Waals surface area contributed by atoms with Gasteiger partial charge in [-0.2, -0.15) is 0 Å². The third kappa shape index (κ3) is 4.35. The van der Waals surface area contributed by atoms with E-state index in [0.29, 0.717) is 5.41 Å². The number of rotatable bonds is 8. The third-order valence-electron chi connectivity index (χ3n) is 3.30. The van der Waals surface area contributed by atoms with Crippen molar-refractivity contribution in [2.45, 2.75) is 64.7 Å². The number of alkyl halides is 1. The van der Waals surface area contributed by atoms with Crippen molar-refractivity contribution in [1.29, 1.82) is 0 Å². The number of hydrogen-bond acceptors (Lipinski definition) is 0. The lowest BCUT2D eigenvalue weighted by Gasteiger charge is -2.09. The van der Waals surface area contributed by atoms with Crippen LogP contribution in [0.5, 0.6) is 0 Å². The summed E-state index contributed by atoms with van der Waals surface area (Å²) in [6.45, 7) is 2.27. The highest BCUT2D eigenvalue weighted by atomic mass is 35.5. The highest BCUT2D eigenvalue weighted by molar-refractivity contribution is 6.18. The van der Waals surface area contributed by atoms with Crippen molar-refractivity contribution in [3.8, 4) is 0 Å². The maximum absolute atomic E-state index is 5.92. The Morgan fingerprint density at radius 3 is 2.15 bits per heavy atom. The van der Waals surface area contributed by atoms with E-state index in [0.717, 1.165) is 5.88 Å². The van der Waals surface area contributed by atoms with Crippen molar-refractivity contribution in [3.63, 3.8) is 0 Å². The second kappa shape index (κ2) is 5.90. The molecule has 0 radical (unpaired) electrons. The van der Waals surface area contributed by atoms with E-state index in [1.807, 2.05) is 0 Å². The van der Waals surface area contributed by atoms with E-state index in [-0.39, 0.29) is 0 Å². The second-order valence-corrected chi connectivity index (χ2v) is 4.92. The summed E-state index contributed by atoms with van der Waals surface area (Å²) in [7, 11) is 0. The largest absolute Gasteiger partial charge is 0.126 e. The highest BCUT2D eigenvalue weighted by Gasteiger charge is 2.40. The minimum Gasteiger partial charge on any atom is -0.126 e. The maximum Gasteiger partial charge on any atom is 0.0280 e. The zero-order valence-corrected chi connectivity index (χ0v) is 9.70. The molecule has 13 heavy (non-hydrogen) atoms. The van der Waals surface area contributed by atoms with Crippen LogP contribution in [0.15, 0.2) is 0 Å². The van der Waals surface area contributed by atoms with Crippen LogP contribution in [0.1, 0.15) is 64.7 Å². The van der Waals surface area contributed by atoms with Gasteiger partial charge in [-0.25, -0.2) is 0 Å². The molecule has 1 rings (SSSR count). The summed E-state index contributed by atoms with van der Waals surface area (Å²) < 4.78 is 0. The van der Waals surface area contributed by atoms with Gasteiger partial charge in [0.2, 0.25) is 0 Å². The molecule has 1 saturated carbocycles. The van der Waals surface area contributed by atoms with Crippen molar-refractivity contribution in [2.75, 3.05) is 5.88 Å². The lowest BCUT2D eigenvalue weighted by molar-refractivity contribution is 0.473. The van der Waals surface area contributed by atoms with Crippen LogP contribution in [-0.4, -0.2) is 5.88 Å². The number of halogens is 1. The molecule has 0 aromatic carbocycles. The molecule has 1 heteroatoms. The van der Waals surface area contributed by atoms with Gasteiger partial charge in [0.15, 0.2) is 0 Å². The third-order valence-corrected chi connectivity index (χ3v) is 3.87. The van der Waals surface area contributed by atoms with Crippen molar-refractivity contribution >= 4 is 11.6 Å². The fraction of sp³-hybridized carbons (Fsp3) is 1.00. The van der Waals surface area contributed by atoms with Crippen molar-refractivity contribution in [1.82, 2.24) is 0 Å². The summed E-state index contributed by atoms with van der Waals surface area (Å²) in [5, 5.41) is 0. The van der Waals surface area contributed by atoms with Crippen molar-refractivity contribution < 1.29 is 0 Å². The standard InChI is InChI=1S/C12H23Cl/c1-2-3-4-5-6-7-8-12(11-13)9-10-12/h2-11H2,1H3. The SMILES string of the molecule is CCCCCCCCC1(CCl)CC1. The lowest BCUT2D eigenvalue weighted by atomic mass is 9.99. The summed E-state index contributed by atoms with van der Waals surface area (Å²) in [6.07, 6.45) is 12.7. The van der Waals surface area contributed by atoms with Crippen molar-refractivity contribution in [2.24, 2.45) is 5.41 Å². The average Bonchev–Trinajstić information content (AvgIpc) is 2.92. The van der Waals surface area contributed by atoms with E-state index in [9.17, 15) is 0 Å². The molecule has 1 fully saturated rings. The number of unbranched alkanes of at least 4 members (excludes halogenated alkanes) is 5. The van der Waals surface area contributed by atoms with Gasteiger partial charge in [-0.1, -0.05) is 45.4 Å². The molecule has 0 amide bonds. The monoisotopic (exact) mass is 202 g/mol. The Labute approximate surface area is 88.1 Å². The lowest BCUT2D eigenvalue weighted by Crippen LogP contribution is -2.01. The molecule has 0 aromatic heterocycles. The van der Waals surface area contributed by atoms with Crippen LogP contribution in [0.4, 0.5) is 0 Å². The fourth-order valence-corrected chi connectivity index (χ4v) is 2.31. The van der Waals surface area contributed by atoms with E-state index >= 15 is 0 Å². The Balaban J connectivity index is 1.84. The van der Waals surface area contributed by atoms with Gasteiger partial charge in [-0.05, 0) is 24.7 Å². The van der Waals surface area contributed by atoms with Gasteiger partial charge in [-0.15, -0.1) is 11.6 Å². The Morgan fingerprint density at radius 1 is 1.00 bits per heavy atom. The van der Waals surface area contributed by atoms with E-state index in [4.69, 9.17) is 11.6 Å². The van der Waals surface area contributed by atoms with Gasteiger partial charge < -0.3 is 0 Å². The first-order chi connectivity index (χ1) is 6.33. The molecule has 0 atom stereocenters. The van der Waals surface area contributed by atoms with E-state index in [1.165, 1.54) is 57.8 Å². The summed E-state index contributed by atoms with van der Waals surface area (Å²) in [4.78, 5) is 0. The molecule has 0 nitrogen and oxygen atoms in total. The summed E-state index contributed by atoms with van der Waals surface area (Å²) in [5.74, 6) is 0.905. The van der Waals surface area contributed by atoms with E-state index in [2.05, 4.69) is 6.92 Å².